The molecule has 0 bridgehead atoms. The van der Waals surface area contributed by atoms with Crippen LogP contribution >= 0.6 is 23.1 Å². The number of thiophene rings is 1. The highest BCUT2D eigenvalue weighted by Gasteiger charge is 2.36. The van der Waals surface area contributed by atoms with Crippen LogP contribution in [0.25, 0.3) is 6.08 Å². The van der Waals surface area contributed by atoms with E-state index in [1.165, 1.54) is 11.3 Å². The fraction of sp³-hybridized carbons (Fsp3) is 0.176. The van der Waals surface area contributed by atoms with Gasteiger partial charge < -0.3 is 5.32 Å². The van der Waals surface area contributed by atoms with Gasteiger partial charge in [0.1, 0.15) is 6.54 Å². The van der Waals surface area contributed by atoms with Gasteiger partial charge in [-0.1, -0.05) is 12.1 Å². The minimum absolute atomic E-state index is 0.302. The lowest BCUT2D eigenvalue weighted by Crippen LogP contribution is -2.40. The lowest BCUT2D eigenvalue weighted by atomic mass is 10.2. The Morgan fingerprint density at radius 2 is 2.16 bits per heavy atom. The van der Waals surface area contributed by atoms with Crippen LogP contribution in [0, 0.1) is 0 Å². The molecule has 2 aromatic rings. The van der Waals surface area contributed by atoms with Crippen LogP contribution in [0.5, 0.6) is 0 Å². The average molecular weight is 373 g/mol. The highest BCUT2D eigenvalue weighted by molar-refractivity contribution is 8.18. The molecule has 1 N–H and O–H groups in total. The number of nitrogens with one attached hydrogen (secondary N) is 1. The molecule has 0 spiro atoms. The van der Waals surface area contributed by atoms with Crippen LogP contribution in [0.4, 0.5) is 4.79 Å². The van der Waals surface area contributed by atoms with Crippen molar-refractivity contribution in [2.45, 2.75) is 13.0 Å². The van der Waals surface area contributed by atoms with Gasteiger partial charge in [-0.2, -0.15) is 0 Å². The Hall–Kier alpha value is -2.45. The number of hydrogen-bond donors (Lipinski definition) is 1. The Bertz CT molecular complexity index is 819. The summed E-state index contributed by atoms with van der Waals surface area (Å²) >= 11 is 2.33. The molecule has 2 aromatic heterocycles. The second-order valence-electron chi connectivity index (χ2n) is 5.33. The van der Waals surface area contributed by atoms with E-state index in [-0.39, 0.29) is 12.6 Å². The van der Waals surface area contributed by atoms with Crippen molar-refractivity contribution >= 4 is 46.2 Å². The molecule has 25 heavy (non-hydrogen) atoms. The molecule has 1 saturated heterocycles. The minimum Gasteiger partial charge on any atom is -0.346 e. The van der Waals surface area contributed by atoms with Gasteiger partial charge in [-0.25, -0.2) is 0 Å². The maximum absolute atomic E-state index is 12.4. The third-order valence-electron chi connectivity index (χ3n) is 3.50. The average Bonchev–Trinajstić information content (AvgIpc) is 3.20. The number of carbonyl (C=O) groups excluding carboxylic acids is 3. The third kappa shape index (κ3) is 4.15. The number of rotatable bonds is 5. The topological polar surface area (TPSA) is 79.4 Å². The zero-order valence-corrected chi connectivity index (χ0v) is 15.0. The van der Waals surface area contributed by atoms with Gasteiger partial charge in [-0.05, 0) is 48.3 Å². The van der Waals surface area contributed by atoms with Crippen molar-refractivity contribution in [3.8, 4) is 0 Å². The van der Waals surface area contributed by atoms with Crippen LogP contribution in [0.1, 0.15) is 23.5 Å². The molecule has 3 rings (SSSR count). The van der Waals surface area contributed by atoms with Crippen molar-refractivity contribution < 1.29 is 14.4 Å². The van der Waals surface area contributed by atoms with E-state index in [0.29, 0.717) is 10.6 Å². The Morgan fingerprint density at radius 3 is 2.84 bits per heavy atom. The standard InChI is InChI=1S/C17H15N3O3S2/c1-11(13-6-2-3-7-18-13)19-15(21)10-20-16(22)14(25-17(20)23)9-12-5-4-8-24-12/h2-9,11H,10H2,1H3,(H,19,21)/b14-9-. The number of carbonyl (C=O) groups is 3. The van der Waals surface area contributed by atoms with E-state index in [1.54, 1.807) is 31.3 Å². The summed E-state index contributed by atoms with van der Waals surface area (Å²) in [5.41, 5.74) is 0.711. The zero-order chi connectivity index (χ0) is 17.8. The summed E-state index contributed by atoms with van der Waals surface area (Å²) in [6.07, 6.45) is 3.31. The minimum atomic E-state index is -0.441. The van der Waals surface area contributed by atoms with Crippen LogP contribution in [0.3, 0.4) is 0 Å². The molecule has 0 radical (unpaired) electrons. The normalized spacial score (nSPS) is 17.2. The van der Waals surface area contributed by atoms with Crippen molar-refractivity contribution in [3.05, 3.63) is 57.4 Å². The monoisotopic (exact) mass is 373 g/mol. The summed E-state index contributed by atoms with van der Waals surface area (Å²) in [4.78, 5) is 43.0. The smallest absolute Gasteiger partial charge is 0.294 e. The molecule has 6 nitrogen and oxygen atoms in total. The van der Waals surface area contributed by atoms with Gasteiger partial charge in [0.15, 0.2) is 0 Å². The Labute approximate surface area is 152 Å². The molecule has 1 unspecified atom stereocenters. The first-order valence-electron chi connectivity index (χ1n) is 7.54. The van der Waals surface area contributed by atoms with E-state index in [2.05, 4.69) is 10.3 Å². The fourth-order valence-electron chi connectivity index (χ4n) is 2.28. The van der Waals surface area contributed by atoms with Gasteiger partial charge in [-0.3, -0.25) is 24.3 Å². The second kappa shape index (κ2) is 7.62. The van der Waals surface area contributed by atoms with Crippen molar-refractivity contribution in [1.82, 2.24) is 15.2 Å². The predicted octanol–water partition coefficient (Wildman–Crippen LogP) is 3.06. The molecule has 1 fully saturated rings. The maximum Gasteiger partial charge on any atom is 0.294 e. The molecular weight excluding hydrogens is 358 g/mol. The number of pyridine rings is 1. The first-order valence-corrected chi connectivity index (χ1v) is 9.23. The number of aromatic nitrogens is 1. The number of amides is 3. The lowest BCUT2D eigenvalue weighted by Gasteiger charge is -2.16. The quantitative estimate of drug-likeness (QED) is 0.815. The van der Waals surface area contributed by atoms with Crippen molar-refractivity contribution in [3.63, 3.8) is 0 Å². The lowest BCUT2D eigenvalue weighted by molar-refractivity contribution is -0.129. The first-order chi connectivity index (χ1) is 12.0. The molecule has 1 aliphatic heterocycles. The second-order valence-corrected chi connectivity index (χ2v) is 7.30. The van der Waals surface area contributed by atoms with Gasteiger partial charge in [0.2, 0.25) is 5.91 Å². The van der Waals surface area contributed by atoms with Crippen LogP contribution in [0.15, 0.2) is 46.8 Å². The van der Waals surface area contributed by atoms with Gasteiger partial charge in [0.05, 0.1) is 16.6 Å². The Kier molecular flexibility index (Phi) is 5.30. The van der Waals surface area contributed by atoms with Gasteiger partial charge >= 0.3 is 0 Å². The Balaban J connectivity index is 1.63. The molecule has 0 aliphatic carbocycles. The fourth-order valence-corrected chi connectivity index (χ4v) is 3.84. The number of hydrogen-bond acceptors (Lipinski definition) is 6. The summed E-state index contributed by atoms with van der Waals surface area (Å²) in [6, 6.07) is 8.84. The molecule has 3 amide bonds. The summed E-state index contributed by atoms with van der Waals surface area (Å²) in [6.45, 7) is 1.49. The highest BCUT2D eigenvalue weighted by Crippen LogP contribution is 2.32. The van der Waals surface area contributed by atoms with E-state index in [4.69, 9.17) is 0 Å². The largest absolute Gasteiger partial charge is 0.346 e. The van der Waals surface area contributed by atoms with E-state index >= 15 is 0 Å². The summed E-state index contributed by atoms with van der Waals surface area (Å²) in [5, 5.41) is 4.21. The van der Waals surface area contributed by atoms with Crippen molar-refractivity contribution in [2.75, 3.05) is 6.54 Å². The van der Waals surface area contributed by atoms with Crippen molar-refractivity contribution in [2.24, 2.45) is 0 Å². The van der Waals surface area contributed by atoms with Crippen LogP contribution < -0.4 is 5.32 Å². The van der Waals surface area contributed by atoms with Crippen molar-refractivity contribution in [1.29, 1.82) is 0 Å². The van der Waals surface area contributed by atoms with E-state index in [0.717, 1.165) is 21.5 Å². The summed E-state index contributed by atoms with van der Waals surface area (Å²) in [7, 11) is 0. The molecule has 128 valence electrons. The molecule has 0 aromatic carbocycles. The predicted molar refractivity (Wildman–Crippen MR) is 97.8 cm³/mol. The maximum atomic E-state index is 12.4. The number of nitrogens with zero attached hydrogens (tertiary/aromatic N) is 2. The van der Waals surface area contributed by atoms with Gasteiger partial charge in [0, 0.05) is 11.1 Å². The summed E-state index contributed by atoms with van der Waals surface area (Å²) in [5.74, 6) is -0.845. The van der Waals surface area contributed by atoms with Crippen LogP contribution in [0.2, 0.25) is 0 Å². The first kappa shape index (κ1) is 17.4. The van der Waals surface area contributed by atoms with Crippen LogP contribution in [-0.4, -0.2) is 33.5 Å². The number of thioether (sulfide) groups is 1. The summed E-state index contributed by atoms with van der Waals surface area (Å²) < 4.78 is 0. The van der Waals surface area contributed by atoms with Crippen LogP contribution in [-0.2, 0) is 9.59 Å². The van der Waals surface area contributed by atoms with E-state index in [9.17, 15) is 14.4 Å². The van der Waals surface area contributed by atoms with E-state index in [1.807, 2.05) is 23.6 Å². The molecular formula is C17H15N3O3S2. The van der Waals surface area contributed by atoms with Gasteiger partial charge in [-0.15, -0.1) is 11.3 Å². The molecule has 1 aliphatic rings. The molecule has 3 heterocycles. The van der Waals surface area contributed by atoms with E-state index < -0.39 is 17.1 Å². The molecule has 1 atom stereocenters. The highest BCUT2D eigenvalue weighted by atomic mass is 32.2. The number of imide groups is 1. The third-order valence-corrected chi connectivity index (χ3v) is 5.23. The molecule has 0 saturated carbocycles. The zero-order valence-electron chi connectivity index (χ0n) is 13.3. The van der Waals surface area contributed by atoms with Gasteiger partial charge in [0.25, 0.3) is 11.1 Å². The SMILES string of the molecule is CC(NC(=O)CN1C(=O)S/C(=C\c2cccs2)C1=O)c1ccccn1. The Morgan fingerprint density at radius 1 is 1.32 bits per heavy atom. The molecule has 8 heteroatoms.